The minimum atomic E-state index is -0.965. The fourth-order valence-electron chi connectivity index (χ4n) is 3.76. The third-order valence-corrected chi connectivity index (χ3v) is 6.92. The van der Waals surface area contributed by atoms with Crippen LogP contribution in [0.3, 0.4) is 0 Å². The van der Waals surface area contributed by atoms with Crippen LogP contribution in [0.25, 0.3) is 28.1 Å². The minimum absolute atomic E-state index is 0.282. The molecule has 1 N–H and O–H groups in total. The molecule has 0 saturated heterocycles. The van der Waals surface area contributed by atoms with E-state index in [0.717, 1.165) is 45.8 Å². The molecule has 0 unspecified atom stereocenters. The number of aromatic amines is 1. The van der Waals surface area contributed by atoms with Gasteiger partial charge >= 0.3 is 0 Å². The Kier molecular flexibility index (Phi) is 4.09. The predicted octanol–water partition coefficient (Wildman–Crippen LogP) is 3.86. The van der Waals surface area contributed by atoms with Crippen molar-refractivity contribution < 1.29 is 4.21 Å². The summed E-state index contributed by atoms with van der Waals surface area (Å²) in [6, 6.07) is 12.1. The van der Waals surface area contributed by atoms with Crippen LogP contribution in [0.4, 0.5) is 0 Å². The van der Waals surface area contributed by atoms with Crippen LogP contribution in [0, 0.1) is 0 Å². The van der Waals surface area contributed by atoms with E-state index in [1.807, 2.05) is 47.2 Å². The number of aromatic nitrogens is 5. The molecule has 0 spiro atoms. The van der Waals surface area contributed by atoms with Gasteiger partial charge in [-0.25, -0.2) is 9.97 Å². The number of hydrogen-bond acceptors (Lipinski definition) is 4. The molecular formula is C20H19N5OS. The van der Waals surface area contributed by atoms with Crippen LogP contribution in [0.2, 0.25) is 0 Å². The van der Waals surface area contributed by atoms with E-state index in [-0.39, 0.29) is 5.25 Å². The molecule has 3 aromatic heterocycles. The third kappa shape index (κ3) is 2.98. The quantitative estimate of drug-likeness (QED) is 0.586. The summed E-state index contributed by atoms with van der Waals surface area (Å²) < 4.78 is 14.8. The minimum Gasteiger partial charge on any atom is -0.301 e. The molecule has 1 fully saturated rings. The molecule has 4 aromatic rings. The molecule has 1 atom stereocenters. The van der Waals surface area contributed by atoms with E-state index in [4.69, 9.17) is 0 Å². The predicted molar refractivity (Wildman–Crippen MR) is 105 cm³/mol. The second kappa shape index (κ2) is 6.74. The summed E-state index contributed by atoms with van der Waals surface area (Å²) in [4.78, 5) is 9.69. The third-order valence-electron chi connectivity index (χ3n) is 5.15. The summed E-state index contributed by atoms with van der Waals surface area (Å²) in [5.41, 5.74) is 2.82. The highest BCUT2D eigenvalue weighted by Crippen LogP contribution is 2.29. The summed E-state index contributed by atoms with van der Waals surface area (Å²) in [5, 5.41) is 8.09. The zero-order valence-corrected chi connectivity index (χ0v) is 15.5. The number of nitrogens with zero attached hydrogens (tertiary/aromatic N) is 4. The van der Waals surface area contributed by atoms with E-state index in [2.05, 4.69) is 20.2 Å². The second-order valence-electron chi connectivity index (χ2n) is 6.86. The van der Waals surface area contributed by atoms with E-state index < -0.39 is 10.8 Å². The molecule has 1 aliphatic carbocycles. The van der Waals surface area contributed by atoms with Crippen molar-refractivity contribution in [1.29, 1.82) is 0 Å². The van der Waals surface area contributed by atoms with Gasteiger partial charge in [-0.05, 0) is 37.1 Å². The maximum atomic E-state index is 12.8. The number of hydrogen-bond donors (Lipinski definition) is 1. The maximum absolute atomic E-state index is 12.8. The number of benzene rings is 1. The highest BCUT2D eigenvalue weighted by Gasteiger charge is 2.23. The fraction of sp³-hybridized carbons (Fsp3) is 0.250. The molecule has 0 aliphatic heterocycles. The number of H-pyrrole nitrogens is 1. The molecule has 27 heavy (non-hydrogen) atoms. The summed E-state index contributed by atoms with van der Waals surface area (Å²) in [6.45, 7) is 0. The normalized spacial score (nSPS) is 16.1. The van der Waals surface area contributed by atoms with Crippen LogP contribution in [0.5, 0.6) is 0 Å². The molecule has 0 amide bonds. The fourth-order valence-corrected chi connectivity index (χ4v) is 5.31. The van der Waals surface area contributed by atoms with Crippen molar-refractivity contribution >= 4 is 21.8 Å². The highest BCUT2D eigenvalue weighted by molar-refractivity contribution is 7.85. The molecule has 7 heteroatoms. The Balaban J connectivity index is 1.52. The van der Waals surface area contributed by atoms with Crippen molar-refractivity contribution in [3.63, 3.8) is 0 Å². The zero-order chi connectivity index (χ0) is 18.2. The largest absolute Gasteiger partial charge is 0.301 e. The molecule has 3 heterocycles. The topological polar surface area (TPSA) is 76.5 Å². The Bertz CT molecular complexity index is 1110. The summed E-state index contributed by atoms with van der Waals surface area (Å²) in [7, 11) is -0.965. The number of fused-ring (bicyclic) bond motifs is 1. The first-order valence-electron chi connectivity index (χ1n) is 9.13. The van der Waals surface area contributed by atoms with Crippen molar-refractivity contribution in [2.24, 2.45) is 0 Å². The van der Waals surface area contributed by atoms with Gasteiger partial charge in [0, 0.05) is 34.3 Å². The Morgan fingerprint density at radius 3 is 2.81 bits per heavy atom. The number of rotatable bonds is 4. The van der Waals surface area contributed by atoms with E-state index in [1.54, 1.807) is 6.20 Å². The highest BCUT2D eigenvalue weighted by atomic mass is 32.2. The molecule has 1 aromatic carbocycles. The average Bonchev–Trinajstić information content (AvgIpc) is 3.48. The lowest BCUT2D eigenvalue weighted by molar-refractivity contribution is 0.669. The Hall–Kier alpha value is -2.80. The Morgan fingerprint density at radius 1 is 1.11 bits per heavy atom. The van der Waals surface area contributed by atoms with Gasteiger partial charge in [-0.15, -0.1) is 0 Å². The standard InChI is InChI=1S/C20H19N5OS/c26-27(17-6-1-2-7-17)18-11-15-8-9-25(20(15)21-12-18)16-5-3-4-14(10-16)19-22-13-23-24-19/h3-5,8-13,17H,1-2,6-7H2,(H,22,23,24)/t27-/m0/s1. The molecular weight excluding hydrogens is 358 g/mol. The monoisotopic (exact) mass is 377 g/mol. The second-order valence-corrected chi connectivity index (χ2v) is 8.59. The summed E-state index contributed by atoms with van der Waals surface area (Å²) >= 11 is 0. The lowest BCUT2D eigenvalue weighted by Crippen LogP contribution is -2.10. The van der Waals surface area contributed by atoms with E-state index in [9.17, 15) is 4.21 Å². The van der Waals surface area contributed by atoms with Crippen LogP contribution in [-0.4, -0.2) is 34.2 Å². The first-order valence-corrected chi connectivity index (χ1v) is 10.3. The van der Waals surface area contributed by atoms with Gasteiger partial charge in [0.05, 0.1) is 15.7 Å². The summed E-state index contributed by atoms with van der Waals surface area (Å²) in [5.74, 6) is 0.732. The van der Waals surface area contributed by atoms with Gasteiger partial charge in [-0.2, -0.15) is 5.10 Å². The zero-order valence-electron chi connectivity index (χ0n) is 14.7. The lowest BCUT2D eigenvalue weighted by atomic mass is 10.2. The molecule has 136 valence electrons. The van der Waals surface area contributed by atoms with Crippen molar-refractivity contribution in [2.75, 3.05) is 0 Å². The van der Waals surface area contributed by atoms with Crippen molar-refractivity contribution in [3.8, 4) is 17.1 Å². The van der Waals surface area contributed by atoms with Gasteiger partial charge in [-0.3, -0.25) is 9.31 Å². The van der Waals surface area contributed by atoms with E-state index in [1.165, 1.54) is 19.2 Å². The first-order chi connectivity index (χ1) is 13.3. The van der Waals surface area contributed by atoms with Crippen LogP contribution in [-0.2, 0) is 10.8 Å². The maximum Gasteiger partial charge on any atom is 0.155 e. The van der Waals surface area contributed by atoms with E-state index in [0.29, 0.717) is 0 Å². The van der Waals surface area contributed by atoms with Gasteiger partial charge < -0.3 is 4.57 Å². The first kappa shape index (κ1) is 16.4. The van der Waals surface area contributed by atoms with Crippen LogP contribution in [0.1, 0.15) is 25.7 Å². The molecule has 1 saturated carbocycles. The number of nitrogens with one attached hydrogen (secondary N) is 1. The van der Waals surface area contributed by atoms with Gasteiger partial charge in [0.2, 0.25) is 0 Å². The van der Waals surface area contributed by atoms with Crippen molar-refractivity contribution in [1.82, 2.24) is 24.7 Å². The van der Waals surface area contributed by atoms with Gasteiger partial charge in [0.15, 0.2) is 5.82 Å². The molecule has 1 aliphatic rings. The van der Waals surface area contributed by atoms with Crippen LogP contribution in [0.15, 0.2) is 60.0 Å². The molecule has 6 nitrogen and oxygen atoms in total. The lowest BCUT2D eigenvalue weighted by Gasteiger charge is -2.10. The van der Waals surface area contributed by atoms with Crippen molar-refractivity contribution in [2.45, 2.75) is 35.8 Å². The van der Waals surface area contributed by atoms with Gasteiger partial charge in [-0.1, -0.05) is 25.0 Å². The molecule has 5 rings (SSSR count). The van der Waals surface area contributed by atoms with Gasteiger partial charge in [0.25, 0.3) is 0 Å². The van der Waals surface area contributed by atoms with Crippen molar-refractivity contribution in [3.05, 3.63) is 55.1 Å². The van der Waals surface area contributed by atoms with Crippen LogP contribution < -0.4 is 0 Å². The SMILES string of the molecule is O=[S@](c1cnc2c(ccn2-c2cccc(-c3ncn[nH]3)c2)c1)C1CCCC1. The van der Waals surface area contributed by atoms with E-state index >= 15 is 0 Å². The summed E-state index contributed by atoms with van der Waals surface area (Å²) in [6.07, 6.45) is 9.75. The Morgan fingerprint density at radius 2 is 2.00 bits per heavy atom. The van der Waals surface area contributed by atoms with Gasteiger partial charge in [0.1, 0.15) is 12.0 Å². The molecule has 0 radical (unpaired) electrons. The number of pyridine rings is 1. The smallest absolute Gasteiger partial charge is 0.155 e. The Labute approximate surface area is 159 Å². The molecule has 0 bridgehead atoms. The average molecular weight is 377 g/mol. The van der Waals surface area contributed by atoms with Crippen LogP contribution >= 0.6 is 0 Å².